The quantitative estimate of drug-likeness (QED) is 0.176. The van der Waals surface area contributed by atoms with Gasteiger partial charge in [0.15, 0.2) is 0 Å². The predicted molar refractivity (Wildman–Crippen MR) is 216 cm³/mol. The van der Waals surface area contributed by atoms with Crippen molar-refractivity contribution in [2.75, 3.05) is 0 Å². The van der Waals surface area contributed by atoms with Gasteiger partial charge in [-0.3, -0.25) is 9.97 Å². The van der Waals surface area contributed by atoms with Gasteiger partial charge in [0, 0.05) is 50.5 Å². The monoisotopic (exact) mass is 664 g/mol. The third kappa shape index (κ3) is 4.08. The highest BCUT2D eigenvalue weighted by Crippen LogP contribution is 2.50. The van der Waals surface area contributed by atoms with E-state index in [0.29, 0.717) is 0 Å². The fraction of sp³-hybridized carbons (Fsp3) is 0.0612. The molecule has 52 heavy (non-hydrogen) atoms. The van der Waals surface area contributed by atoms with E-state index in [0.717, 1.165) is 71.6 Å². The molecule has 0 fully saturated rings. The van der Waals surface area contributed by atoms with Crippen molar-refractivity contribution in [1.82, 2.24) is 9.97 Å². The zero-order chi connectivity index (χ0) is 34.6. The first-order valence-electron chi connectivity index (χ1n) is 17.9. The molecule has 0 bridgehead atoms. The van der Waals surface area contributed by atoms with Crippen LogP contribution in [0, 0.1) is 0 Å². The number of hydrogen-bond donors (Lipinski definition) is 0. The molecule has 10 aromatic rings. The Morgan fingerprint density at radius 2 is 0.923 bits per heavy atom. The summed E-state index contributed by atoms with van der Waals surface area (Å²) in [7, 11) is 0. The molecule has 2 heterocycles. The second-order valence-electron chi connectivity index (χ2n) is 14.5. The van der Waals surface area contributed by atoms with Crippen molar-refractivity contribution in [3.05, 3.63) is 169 Å². The average molecular weight is 665 g/mol. The van der Waals surface area contributed by atoms with E-state index in [4.69, 9.17) is 14.4 Å². The lowest BCUT2D eigenvalue weighted by molar-refractivity contribution is 0.660. The van der Waals surface area contributed by atoms with E-state index < -0.39 is 0 Å². The molecule has 0 saturated carbocycles. The molecule has 3 heteroatoms. The van der Waals surface area contributed by atoms with Gasteiger partial charge in [-0.25, -0.2) is 0 Å². The lowest BCUT2D eigenvalue weighted by Crippen LogP contribution is -2.14. The van der Waals surface area contributed by atoms with Gasteiger partial charge in [0.05, 0.1) is 11.0 Å². The van der Waals surface area contributed by atoms with Gasteiger partial charge < -0.3 is 4.42 Å². The van der Waals surface area contributed by atoms with Crippen LogP contribution in [0.5, 0.6) is 0 Å². The third-order valence-corrected chi connectivity index (χ3v) is 11.4. The molecule has 0 atom stereocenters. The van der Waals surface area contributed by atoms with Crippen molar-refractivity contribution in [1.29, 1.82) is 0 Å². The van der Waals surface area contributed by atoms with Crippen LogP contribution in [0.15, 0.2) is 162 Å². The Balaban J connectivity index is 1.04. The fourth-order valence-electron chi connectivity index (χ4n) is 8.82. The van der Waals surface area contributed by atoms with Crippen LogP contribution < -0.4 is 0 Å². The van der Waals surface area contributed by atoms with E-state index in [-0.39, 0.29) is 5.41 Å². The summed E-state index contributed by atoms with van der Waals surface area (Å²) in [5.74, 6) is 0. The number of hydrogen-bond acceptors (Lipinski definition) is 3. The lowest BCUT2D eigenvalue weighted by atomic mass is 9.81. The van der Waals surface area contributed by atoms with Gasteiger partial charge >= 0.3 is 0 Å². The Morgan fingerprint density at radius 3 is 1.69 bits per heavy atom. The van der Waals surface area contributed by atoms with Crippen LogP contribution in [0.4, 0.5) is 0 Å². The minimum absolute atomic E-state index is 0.0675. The van der Waals surface area contributed by atoms with Gasteiger partial charge in [0.1, 0.15) is 11.2 Å². The van der Waals surface area contributed by atoms with Gasteiger partial charge in [-0.1, -0.05) is 141 Å². The molecule has 0 unspecified atom stereocenters. The van der Waals surface area contributed by atoms with Crippen LogP contribution in [-0.2, 0) is 5.41 Å². The Morgan fingerprint density at radius 1 is 0.385 bits per heavy atom. The molecule has 244 valence electrons. The van der Waals surface area contributed by atoms with E-state index in [1.54, 1.807) is 12.4 Å². The molecule has 0 saturated heterocycles. The van der Waals surface area contributed by atoms with Crippen molar-refractivity contribution in [3.8, 4) is 44.5 Å². The van der Waals surface area contributed by atoms with Crippen LogP contribution in [-0.4, -0.2) is 9.97 Å². The average Bonchev–Trinajstić information content (AvgIpc) is 3.70. The van der Waals surface area contributed by atoms with E-state index >= 15 is 0 Å². The predicted octanol–water partition coefficient (Wildman–Crippen LogP) is 13.1. The van der Waals surface area contributed by atoms with Gasteiger partial charge in [-0.05, 0) is 73.5 Å². The Kier molecular flexibility index (Phi) is 6.01. The standard InChI is InChI=1S/C49H32N2O/c1-49(2)43-19-6-5-13-36(43)37-22-21-32(28-44(37)49)34-16-9-18-41-40-17-8-15-33(47(40)52-48(34)41)31-11-7-10-29(26-31)30-20-23-39-42(27-30)35-12-3-4-14-38(35)45-46(39)51-25-24-50-45/h3-28H,1-2H3. The van der Waals surface area contributed by atoms with Crippen LogP contribution in [0.3, 0.4) is 0 Å². The number of nitrogens with zero attached hydrogens (tertiary/aromatic N) is 2. The first-order valence-corrected chi connectivity index (χ1v) is 17.9. The number of furan rings is 1. The molecule has 0 N–H and O–H groups in total. The van der Waals surface area contributed by atoms with E-state index in [1.807, 2.05) is 0 Å². The molecule has 1 aliphatic carbocycles. The normalized spacial score (nSPS) is 13.3. The van der Waals surface area contributed by atoms with Crippen LogP contribution in [0.1, 0.15) is 25.0 Å². The fourth-order valence-corrected chi connectivity index (χ4v) is 8.82. The van der Waals surface area contributed by atoms with E-state index in [2.05, 4.69) is 159 Å². The maximum Gasteiger partial charge on any atom is 0.143 e. The second-order valence-corrected chi connectivity index (χ2v) is 14.5. The zero-order valence-electron chi connectivity index (χ0n) is 28.8. The van der Waals surface area contributed by atoms with Gasteiger partial charge in [0.25, 0.3) is 0 Å². The Labute approximate surface area is 300 Å². The molecule has 0 radical (unpaired) electrons. The smallest absolute Gasteiger partial charge is 0.143 e. The molecular weight excluding hydrogens is 633 g/mol. The first-order chi connectivity index (χ1) is 25.5. The summed E-state index contributed by atoms with van der Waals surface area (Å²) < 4.78 is 6.94. The number of rotatable bonds is 3. The minimum atomic E-state index is -0.0675. The SMILES string of the molecule is CC1(C)c2ccccc2-c2ccc(-c3cccc4c3oc3c(-c5cccc(-c6ccc7c(c6)c6ccccc6c6nccnc76)c5)cccc34)cc21. The second kappa shape index (κ2) is 10.7. The van der Waals surface area contributed by atoms with Crippen LogP contribution in [0.2, 0.25) is 0 Å². The van der Waals surface area contributed by atoms with Gasteiger partial charge in [0.2, 0.25) is 0 Å². The van der Waals surface area contributed by atoms with E-state index in [1.165, 1.54) is 38.6 Å². The van der Waals surface area contributed by atoms with Crippen LogP contribution >= 0.6 is 0 Å². The highest BCUT2D eigenvalue weighted by molar-refractivity contribution is 6.23. The third-order valence-electron chi connectivity index (χ3n) is 11.4. The molecule has 3 nitrogen and oxygen atoms in total. The lowest BCUT2D eigenvalue weighted by Gasteiger charge is -2.22. The van der Waals surface area contributed by atoms with Crippen LogP contribution in [0.25, 0.3) is 99.0 Å². The van der Waals surface area contributed by atoms with Crippen molar-refractivity contribution < 1.29 is 4.42 Å². The maximum absolute atomic E-state index is 6.94. The molecule has 0 amide bonds. The minimum Gasteiger partial charge on any atom is -0.455 e. The summed E-state index contributed by atoms with van der Waals surface area (Å²) >= 11 is 0. The summed E-state index contributed by atoms with van der Waals surface area (Å²) in [5, 5.41) is 6.85. The summed E-state index contributed by atoms with van der Waals surface area (Å²) in [6, 6.07) is 52.8. The van der Waals surface area contributed by atoms with Crippen molar-refractivity contribution >= 4 is 54.5 Å². The number of para-hydroxylation sites is 2. The van der Waals surface area contributed by atoms with Crippen molar-refractivity contribution in [2.24, 2.45) is 0 Å². The van der Waals surface area contributed by atoms with Gasteiger partial charge in [-0.2, -0.15) is 0 Å². The zero-order valence-corrected chi connectivity index (χ0v) is 28.8. The highest BCUT2D eigenvalue weighted by Gasteiger charge is 2.35. The Hall–Kier alpha value is -6.58. The molecule has 0 aliphatic heterocycles. The molecule has 0 spiro atoms. The van der Waals surface area contributed by atoms with Crippen molar-refractivity contribution in [2.45, 2.75) is 19.3 Å². The molecule has 2 aromatic heterocycles. The summed E-state index contributed by atoms with van der Waals surface area (Å²) in [5.41, 5.74) is 15.8. The topological polar surface area (TPSA) is 38.9 Å². The van der Waals surface area contributed by atoms with Crippen molar-refractivity contribution in [3.63, 3.8) is 0 Å². The first kappa shape index (κ1) is 29.2. The highest BCUT2D eigenvalue weighted by atomic mass is 16.3. The number of fused-ring (bicyclic) bond motifs is 12. The molecular formula is C49H32N2O. The van der Waals surface area contributed by atoms with E-state index in [9.17, 15) is 0 Å². The number of aromatic nitrogens is 2. The largest absolute Gasteiger partial charge is 0.455 e. The summed E-state index contributed by atoms with van der Waals surface area (Å²) in [6.07, 6.45) is 3.55. The summed E-state index contributed by atoms with van der Waals surface area (Å²) in [6.45, 7) is 4.67. The Bertz CT molecular complexity index is 3080. The maximum atomic E-state index is 6.94. The van der Waals surface area contributed by atoms with Gasteiger partial charge in [-0.15, -0.1) is 0 Å². The summed E-state index contributed by atoms with van der Waals surface area (Å²) in [4.78, 5) is 9.45. The number of benzene rings is 8. The molecule has 8 aromatic carbocycles. The molecule has 1 aliphatic rings. The molecule has 11 rings (SSSR count).